The molecule has 132 heavy (non-hydrogen) atoms. The molecule has 18 atom stereocenters. The first-order chi connectivity index (χ1) is 62.0. The molecular formula is C108H132N12O12. The SMILES string of the molecule is CC1(C)OC(C)(C)[C@@H](O)[C@@H]1[C@H]1c2ccccc2-c2cncn21.CC1(C)OC(C)(C)[C@@H](O)[C@H]1[C@@H]1c2ccccc2-c2cncn21.CC1(C)OC(C)(C)[C@@H](O)[C@H]1[C@H]1c2ccccc2-c2cncn21.CC1(C)OC(C)(C)[C@H](O)[C@@H]1[C@@H]1c2ccccc2-c2cncn21.CC1(C)OC(C)(C)[C@H](O)[C@@H]1[C@H]1c2ccccc2-c2cncn21.CC1(C)OC(C)(C)[C@H](O)[C@H]1[C@@H]1c2ccccc2-c2cncn21. The number of fused-ring (bicyclic) bond motifs is 18. The summed E-state index contributed by atoms with van der Waals surface area (Å²) in [5, 5.41) is 65.7. The second-order valence-corrected chi connectivity index (χ2v) is 45.0. The van der Waals surface area contributed by atoms with Gasteiger partial charge in [-0.3, -0.25) is 0 Å². The lowest BCUT2D eigenvalue weighted by molar-refractivity contribution is -0.0918. The van der Waals surface area contributed by atoms with Crippen molar-refractivity contribution < 1.29 is 59.1 Å². The summed E-state index contributed by atoms with van der Waals surface area (Å²) in [6.45, 7) is 48.5. The zero-order valence-corrected chi connectivity index (χ0v) is 80.7. The molecule has 6 aromatic heterocycles. The van der Waals surface area contributed by atoms with Crippen molar-refractivity contribution in [1.82, 2.24) is 57.3 Å². The molecule has 12 aromatic rings. The van der Waals surface area contributed by atoms with E-state index in [1.807, 2.05) is 158 Å². The lowest BCUT2D eigenvalue weighted by atomic mass is 9.77. The highest BCUT2D eigenvalue weighted by molar-refractivity contribution is 5.74. The fraction of sp³-hybridized carbons (Fsp3) is 0.500. The maximum absolute atomic E-state index is 10.9. The average Bonchev–Trinajstić information content (AvgIpc) is 1.58. The molecule has 6 saturated heterocycles. The molecule has 0 saturated carbocycles. The summed E-state index contributed by atoms with van der Waals surface area (Å²) in [6.07, 6.45) is 19.4. The standard InChI is InChI=1S/6C18H22N2O2/c6*1-17(2)14(16(21)18(3,4)22-17)15-12-8-6-5-7-11(12)13-9-19-10-20(13)15/h6*5-10,14-16,21H,1-4H3/t2*14-,15+,16+;2*14-,15+,16-;2*14-,15-,16+/m101010/s1. The normalized spacial score (nSPS) is 31.0. The van der Waals surface area contributed by atoms with Gasteiger partial charge in [0.2, 0.25) is 0 Å². The maximum atomic E-state index is 10.9. The molecule has 6 N–H and O–H groups in total. The summed E-state index contributed by atoms with van der Waals surface area (Å²) in [5.74, 6) is -0.172. The molecule has 6 aromatic carbocycles. The molecule has 696 valence electrons. The predicted molar refractivity (Wildman–Crippen MR) is 507 cm³/mol. The number of nitrogens with zero attached hydrogens (tertiary/aromatic N) is 12. The van der Waals surface area contributed by atoms with E-state index in [9.17, 15) is 30.6 Å². The quantitative estimate of drug-likeness (QED) is 0.0902. The zero-order valence-electron chi connectivity index (χ0n) is 80.7. The Balaban J connectivity index is 0.000000102. The molecule has 12 aliphatic rings. The van der Waals surface area contributed by atoms with Crippen molar-refractivity contribution in [3.63, 3.8) is 0 Å². The lowest BCUT2D eigenvalue weighted by Gasteiger charge is -2.33. The van der Waals surface area contributed by atoms with Crippen molar-refractivity contribution in [2.24, 2.45) is 35.5 Å². The summed E-state index contributed by atoms with van der Waals surface area (Å²) < 4.78 is 50.3. The Kier molecular flexibility index (Phi) is 21.7. The predicted octanol–water partition coefficient (Wildman–Crippen LogP) is 18.1. The topological polar surface area (TPSA) is 284 Å². The molecular weight excluding hydrogens is 1660 g/mol. The second-order valence-electron chi connectivity index (χ2n) is 45.0. The van der Waals surface area contributed by atoms with Crippen LogP contribution in [-0.2, 0) is 28.4 Å². The van der Waals surface area contributed by atoms with Gasteiger partial charge < -0.3 is 86.5 Å². The highest BCUT2D eigenvalue weighted by atomic mass is 16.6. The van der Waals surface area contributed by atoms with Gasteiger partial charge in [-0.1, -0.05) is 146 Å². The van der Waals surface area contributed by atoms with Gasteiger partial charge in [0.05, 0.1) is 249 Å². The van der Waals surface area contributed by atoms with E-state index in [-0.39, 0.29) is 71.8 Å². The molecule has 0 aliphatic carbocycles. The van der Waals surface area contributed by atoms with Crippen molar-refractivity contribution in [2.75, 3.05) is 0 Å². The van der Waals surface area contributed by atoms with Gasteiger partial charge >= 0.3 is 0 Å². The molecule has 6 fully saturated rings. The average molecular weight is 1790 g/mol. The minimum atomic E-state index is -0.549. The first-order valence-corrected chi connectivity index (χ1v) is 46.9. The maximum Gasteiger partial charge on any atom is 0.0956 e. The molecule has 0 bridgehead atoms. The van der Waals surface area contributed by atoms with Crippen LogP contribution in [0.2, 0.25) is 0 Å². The highest BCUT2D eigenvalue weighted by Crippen LogP contribution is 2.62. The fourth-order valence-electron chi connectivity index (χ4n) is 26.5. The minimum Gasteiger partial charge on any atom is -0.390 e. The van der Waals surface area contributed by atoms with Crippen LogP contribution in [0.15, 0.2) is 221 Å². The van der Waals surface area contributed by atoms with Crippen molar-refractivity contribution in [2.45, 2.75) is 306 Å². The second kappa shape index (κ2) is 31.3. The van der Waals surface area contributed by atoms with Crippen LogP contribution < -0.4 is 0 Å². The van der Waals surface area contributed by atoms with E-state index in [2.05, 4.69) is 286 Å². The Morgan fingerprint density at radius 1 is 0.189 bits per heavy atom. The van der Waals surface area contributed by atoms with E-state index in [1.54, 1.807) is 0 Å². The van der Waals surface area contributed by atoms with E-state index in [4.69, 9.17) is 28.4 Å². The lowest BCUT2D eigenvalue weighted by Crippen LogP contribution is -2.40. The zero-order chi connectivity index (χ0) is 94.2. The largest absolute Gasteiger partial charge is 0.390 e. The summed E-state index contributed by atoms with van der Waals surface area (Å²) in [5.41, 5.74) is 15.7. The van der Waals surface area contributed by atoms with Crippen LogP contribution in [0.4, 0.5) is 0 Å². The van der Waals surface area contributed by atoms with Crippen LogP contribution in [-0.4, -0.2) is 192 Å². The van der Waals surface area contributed by atoms with Crippen LogP contribution in [0.5, 0.6) is 0 Å². The number of imidazole rings is 6. The van der Waals surface area contributed by atoms with Gasteiger partial charge in [0.1, 0.15) is 0 Å². The summed E-state index contributed by atoms with van der Waals surface area (Å²) in [7, 11) is 0. The van der Waals surface area contributed by atoms with E-state index >= 15 is 0 Å². The number of aromatic nitrogens is 12. The van der Waals surface area contributed by atoms with Crippen LogP contribution in [0, 0.1) is 35.5 Å². The van der Waals surface area contributed by atoms with E-state index in [1.165, 1.54) is 66.8 Å². The number of benzene rings is 6. The monoisotopic (exact) mass is 1790 g/mol. The number of hydrogen-bond acceptors (Lipinski definition) is 18. The third kappa shape index (κ3) is 14.4. The third-order valence-electron chi connectivity index (χ3n) is 31.5. The number of hydrogen-bond donors (Lipinski definition) is 6. The molecule has 18 heterocycles. The third-order valence-corrected chi connectivity index (χ3v) is 31.5. The van der Waals surface area contributed by atoms with Gasteiger partial charge in [0.25, 0.3) is 0 Å². The van der Waals surface area contributed by atoms with Crippen molar-refractivity contribution in [1.29, 1.82) is 0 Å². The summed E-state index contributed by atoms with van der Waals surface area (Å²) in [4.78, 5) is 25.9. The Hall–Kier alpha value is -9.90. The number of rotatable bonds is 6. The molecule has 24 nitrogen and oxygen atoms in total. The van der Waals surface area contributed by atoms with Gasteiger partial charge in [-0.05, 0) is 200 Å². The highest BCUT2D eigenvalue weighted by Gasteiger charge is 2.65. The van der Waals surface area contributed by atoms with Gasteiger partial charge in [0.15, 0.2) is 0 Å². The van der Waals surface area contributed by atoms with Gasteiger partial charge in [-0.2, -0.15) is 0 Å². The molecule has 12 aliphatic heterocycles. The fourth-order valence-corrected chi connectivity index (χ4v) is 26.5. The van der Waals surface area contributed by atoms with Crippen molar-refractivity contribution in [3.05, 3.63) is 254 Å². The minimum absolute atomic E-state index is 0.0286. The van der Waals surface area contributed by atoms with Gasteiger partial charge in [0, 0.05) is 68.9 Å². The number of aliphatic hydroxyl groups is 6. The van der Waals surface area contributed by atoms with Crippen LogP contribution in [0.25, 0.3) is 67.5 Å². The molecule has 24 rings (SSSR count). The Morgan fingerprint density at radius 3 is 0.424 bits per heavy atom. The molecule has 0 spiro atoms. The molecule has 0 unspecified atom stereocenters. The number of ether oxygens (including phenoxy) is 6. The van der Waals surface area contributed by atoms with Crippen LogP contribution in [0.3, 0.4) is 0 Å². The van der Waals surface area contributed by atoms with Crippen LogP contribution in [0.1, 0.15) is 236 Å². The summed E-state index contributed by atoms with van der Waals surface area (Å²) >= 11 is 0. The van der Waals surface area contributed by atoms with Gasteiger partial charge in [-0.15, -0.1) is 0 Å². The van der Waals surface area contributed by atoms with Gasteiger partial charge in [-0.25, -0.2) is 29.9 Å². The van der Waals surface area contributed by atoms with Crippen molar-refractivity contribution >= 4 is 0 Å². The summed E-state index contributed by atoms with van der Waals surface area (Å²) in [6, 6.07) is 50.7. The first-order valence-electron chi connectivity index (χ1n) is 46.9. The molecule has 0 radical (unpaired) electrons. The van der Waals surface area contributed by atoms with E-state index in [0.29, 0.717) is 0 Å². The van der Waals surface area contributed by atoms with E-state index < -0.39 is 104 Å². The molecule has 0 amide bonds. The first kappa shape index (κ1) is 91.2. The van der Waals surface area contributed by atoms with E-state index in [0.717, 1.165) is 34.2 Å². The number of aliphatic hydroxyl groups excluding tert-OH is 6. The molecule has 24 heteroatoms. The smallest absolute Gasteiger partial charge is 0.0956 e. The van der Waals surface area contributed by atoms with Crippen LogP contribution >= 0.6 is 0 Å². The van der Waals surface area contributed by atoms with Crippen molar-refractivity contribution in [3.8, 4) is 67.5 Å². The Bertz CT molecular complexity index is 5370. The Labute approximate surface area is 775 Å². The Morgan fingerprint density at radius 2 is 0.311 bits per heavy atom.